The van der Waals surface area contributed by atoms with Gasteiger partial charge in [-0.25, -0.2) is 0 Å². The number of hydrogen-bond acceptors (Lipinski definition) is 4. The van der Waals surface area contributed by atoms with E-state index in [1.54, 1.807) is 0 Å². The summed E-state index contributed by atoms with van der Waals surface area (Å²) in [5.41, 5.74) is 1.64. The van der Waals surface area contributed by atoms with E-state index < -0.39 is 11.5 Å². The summed E-state index contributed by atoms with van der Waals surface area (Å²) in [6, 6.07) is 32.4. The van der Waals surface area contributed by atoms with Gasteiger partial charge in [0.15, 0.2) is 0 Å². The monoisotopic (exact) mass is 637 g/mol. The third-order valence-corrected chi connectivity index (χ3v) is 9.59. The van der Waals surface area contributed by atoms with E-state index >= 15 is 0 Å². The smallest absolute Gasteiger partial charge is 0.252 e. The minimum absolute atomic E-state index is 0.170. The fourth-order valence-corrected chi connectivity index (χ4v) is 7.11. The topological polar surface area (TPSA) is 59.6 Å². The molecule has 2 unspecified atom stereocenters. The normalized spacial score (nSPS) is 17.1. The third-order valence-electron chi connectivity index (χ3n) is 9.10. The number of nitrogens with one attached hydrogen (secondary N) is 1. The van der Waals surface area contributed by atoms with E-state index in [2.05, 4.69) is 68.1 Å². The van der Waals surface area contributed by atoms with E-state index in [4.69, 9.17) is 0 Å². The zero-order valence-corrected chi connectivity index (χ0v) is 26.4. The van der Waals surface area contributed by atoms with Crippen LogP contribution in [0.3, 0.4) is 0 Å². The van der Waals surface area contributed by atoms with Crippen molar-refractivity contribution in [3.63, 3.8) is 0 Å². The molecule has 0 bridgehead atoms. The van der Waals surface area contributed by atoms with E-state index in [1.807, 2.05) is 66.7 Å². The largest absolute Gasteiger partial charge is 0.384 e. The first-order valence-corrected chi connectivity index (χ1v) is 16.2. The Hall–Kier alpha value is -3.29. The van der Waals surface area contributed by atoms with Gasteiger partial charge < -0.3 is 19.9 Å². The fraction of sp³-hybridized carbons (Fsp3) is 0.324. The molecule has 222 valence electrons. The predicted octanol–water partition coefficient (Wildman–Crippen LogP) is 7.27. The minimum Gasteiger partial charge on any atom is -0.384 e. The van der Waals surface area contributed by atoms with Crippen molar-refractivity contribution < 1.29 is 5.11 Å². The van der Waals surface area contributed by atoms with E-state index in [-0.39, 0.29) is 5.56 Å². The first-order chi connectivity index (χ1) is 20.9. The number of aliphatic hydroxyl groups is 1. The van der Waals surface area contributed by atoms with Crippen molar-refractivity contribution >= 4 is 37.6 Å². The van der Waals surface area contributed by atoms with Crippen molar-refractivity contribution in [1.82, 2.24) is 14.8 Å². The molecule has 1 aromatic heterocycles. The van der Waals surface area contributed by atoms with Gasteiger partial charge in [-0.1, -0.05) is 82.7 Å². The zero-order valence-electron chi connectivity index (χ0n) is 24.8. The summed E-state index contributed by atoms with van der Waals surface area (Å²) in [7, 11) is 2.20. The van der Waals surface area contributed by atoms with Crippen LogP contribution in [0.25, 0.3) is 21.7 Å². The summed E-state index contributed by atoms with van der Waals surface area (Å²) in [5.74, 6) is -0.561. The van der Waals surface area contributed by atoms with Crippen LogP contribution in [0.2, 0.25) is 0 Å². The van der Waals surface area contributed by atoms with Crippen molar-refractivity contribution in [2.24, 2.45) is 0 Å². The molecular formula is C37H40BrN3O2. The van der Waals surface area contributed by atoms with E-state index in [9.17, 15) is 9.90 Å². The van der Waals surface area contributed by atoms with Crippen molar-refractivity contribution in [2.75, 3.05) is 39.8 Å². The average Bonchev–Trinajstić information content (AvgIpc) is 3.24. The highest BCUT2D eigenvalue weighted by atomic mass is 79.9. The lowest BCUT2D eigenvalue weighted by molar-refractivity contribution is 0.00707. The number of rotatable bonds is 9. The molecule has 0 saturated carbocycles. The number of nitrogens with zero attached hydrogens (tertiary/aromatic N) is 2. The lowest BCUT2D eigenvalue weighted by atomic mass is 9.71. The van der Waals surface area contributed by atoms with Crippen LogP contribution in [-0.2, 0) is 5.60 Å². The molecule has 1 aliphatic rings. The van der Waals surface area contributed by atoms with Crippen LogP contribution in [0.4, 0.5) is 0 Å². The van der Waals surface area contributed by atoms with Crippen LogP contribution in [0, 0.1) is 0 Å². The van der Waals surface area contributed by atoms with E-state index in [0.29, 0.717) is 12.0 Å². The summed E-state index contributed by atoms with van der Waals surface area (Å²) in [4.78, 5) is 21.9. The zero-order chi connectivity index (χ0) is 29.8. The molecule has 6 heteroatoms. The third kappa shape index (κ3) is 6.63. The Balaban J connectivity index is 1.43. The molecule has 4 aromatic carbocycles. The Morgan fingerprint density at radius 2 is 1.63 bits per heavy atom. The predicted molar refractivity (Wildman–Crippen MR) is 181 cm³/mol. The van der Waals surface area contributed by atoms with Gasteiger partial charge in [-0.05, 0) is 110 Å². The standard InChI is InChI=1S/C37H40BrN3O2/c1-40-19-9-21-41(23-22-40)20-8-7-18-37(43,31-15-14-27-10-5-6-13-29(27)24-31)35(28-11-3-2-4-12-28)33-26-30-25-32(38)16-17-34(30)39-36(33)42/h2-6,10-17,24-26,35,43H,7-9,18-23H2,1H3,(H,39,42). The second-order valence-corrected chi connectivity index (χ2v) is 13.0. The van der Waals surface area contributed by atoms with Gasteiger partial charge in [0.05, 0.1) is 0 Å². The highest BCUT2D eigenvalue weighted by Crippen LogP contribution is 2.45. The Bertz CT molecular complexity index is 1750. The Morgan fingerprint density at radius 3 is 2.47 bits per heavy atom. The second-order valence-electron chi connectivity index (χ2n) is 12.1. The molecular weight excluding hydrogens is 598 g/mol. The first kappa shape index (κ1) is 29.8. The van der Waals surface area contributed by atoms with Gasteiger partial charge in [0.2, 0.25) is 0 Å². The number of aromatic amines is 1. The molecule has 5 nitrogen and oxygen atoms in total. The Labute approximate surface area is 262 Å². The number of H-pyrrole nitrogens is 1. The maximum absolute atomic E-state index is 13.8. The van der Waals surface area contributed by atoms with Crippen LogP contribution in [0.15, 0.2) is 106 Å². The summed E-state index contributed by atoms with van der Waals surface area (Å²) in [6.45, 7) is 5.46. The number of pyridine rings is 1. The SMILES string of the molecule is CN1CCCN(CCCCC(O)(c2ccc3ccccc3c2)C(c2ccccc2)c2cc3cc(Br)ccc3[nH]c2=O)CC1. The molecule has 2 atom stereocenters. The van der Waals surface area contributed by atoms with Gasteiger partial charge in [-0.3, -0.25) is 4.79 Å². The summed E-state index contributed by atoms with van der Waals surface area (Å²) >= 11 is 3.59. The molecule has 0 radical (unpaired) electrons. The van der Waals surface area contributed by atoms with Gasteiger partial charge in [-0.2, -0.15) is 0 Å². The molecule has 0 aliphatic carbocycles. The number of aromatic nitrogens is 1. The maximum atomic E-state index is 13.8. The first-order valence-electron chi connectivity index (χ1n) is 15.4. The Morgan fingerprint density at radius 1 is 0.837 bits per heavy atom. The van der Waals surface area contributed by atoms with Gasteiger partial charge in [0.25, 0.3) is 5.56 Å². The number of likely N-dealkylation sites (N-methyl/N-ethyl adjacent to an activating group) is 1. The van der Waals surface area contributed by atoms with Gasteiger partial charge in [-0.15, -0.1) is 0 Å². The highest BCUT2D eigenvalue weighted by Gasteiger charge is 2.41. The average molecular weight is 639 g/mol. The highest BCUT2D eigenvalue weighted by molar-refractivity contribution is 9.10. The van der Waals surface area contributed by atoms with Crippen LogP contribution < -0.4 is 5.56 Å². The summed E-state index contributed by atoms with van der Waals surface area (Å²) in [6.07, 6.45) is 3.56. The minimum atomic E-state index is -1.31. The second kappa shape index (κ2) is 13.1. The van der Waals surface area contributed by atoms with Crippen molar-refractivity contribution in [2.45, 2.75) is 37.2 Å². The molecule has 2 N–H and O–H groups in total. The molecule has 0 amide bonds. The molecule has 0 spiro atoms. The molecule has 1 fully saturated rings. The van der Waals surface area contributed by atoms with Gasteiger partial charge in [0.1, 0.15) is 5.60 Å². The van der Waals surface area contributed by atoms with Gasteiger partial charge >= 0.3 is 0 Å². The van der Waals surface area contributed by atoms with E-state index in [1.165, 1.54) is 6.42 Å². The van der Waals surface area contributed by atoms with Crippen LogP contribution in [-0.4, -0.2) is 59.7 Å². The number of fused-ring (bicyclic) bond motifs is 2. The van der Waals surface area contributed by atoms with Crippen molar-refractivity contribution in [3.8, 4) is 0 Å². The van der Waals surface area contributed by atoms with Crippen molar-refractivity contribution in [1.29, 1.82) is 0 Å². The van der Waals surface area contributed by atoms with Crippen LogP contribution in [0.1, 0.15) is 48.3 Å². The molecule has 1 aliphatic heterocycles. The van der Waals surface area contributed by atoms with Crippen LogP contribution >= 0.6 is 15.9 Å². The fourth-order valence-electron chi connectivity index (χ4n) is 6.73. The number of halogens is 1. The quantitative estimate of drug-likeness (QED) is 0.167. The molecule has 6 rings (SSSR count). The van der Waals surface area contributed by atoms with Crippen molar-refractivity contribution in [3.05, 3.63) is 129 Å². The summed E-state index contributed by atoms with van der Waals surface area (Å²) in [5, 5.41) is 16.2. The molecule has 5 aromatic rings. The van der Waals surface area contributed by atoms with E-state index in [0.717, 1.165) is 82.8 Å². The Kier molecular flexibility index (Phi) is 9.10. The number of benzene rings is 4. The number of hydrogen-bond donors (Lipinski definition) is 2. The molecule has 1 saturated heterocycles. The van der Waals surface area contributed by atoms with Gasteiger partial charge in [0, 0.05) is 34.6 Å². The molecule has 43 heavy (non-hydrogen) atoms. The summed E-state index contributed by atoms with van der Waals surface area (Å²) < 4.78 is 0.943. The maximum Gasteiger partial charge on any atom is 0.252 e. The van der Waals surface area contributed by atoms with Crippen LogP contribution in [0.5, 0.6) is 0 Å². The lowest BCUT2D eigenvalue weighted by Gasteiger charge is -2.38. The lowest BCUT2D eigenvalue weighted by Crippen LogP contribution is -2.37. The molecule has 2 heterocycles. The number of unbranched alkanes of at least 4 members (excludes halogenated alkanes) is 1.